The second-order valence-corrected chi connectivity index (χ2v) is 10.0. The summed E-state index contributed by atoms with van der Waals surface area (Å²) in [6.07, 6.45) is 8.94. The van der Waals surface area contributed by atoms with Crippen LogP contribution < -0.4 is 0 Å². The summed E-state index contributed by atoms with van der Waals surface area (Å²) in [4.78, 5) is 0. The van der Waals surface area contributed by atoms with Gasteiger partial charge in [0.2, 0.25) is 0 Å². The minimum absolute atomic E-state index is 1.21. The average Bonchev–Trinajstić information content (AvgIpc) is 2.96. The third kappa shape index (κ3) is 5.08. The summed E-state index contributed by atoms with van der Waals surface area (Å²) in [7, 11) is 0. The molecule has 0 aliphatic rings. The molecule has 0 amide bonds. The molecule has 0 N–H and O–H groups in total. The van der Waals surface area contributed by atoms with Crippen LogP contribution in [0.1, 0.15) is 33.4 Å². The van der Waals surface area contributed by atoms with Gasteiger partial charge in [-0.15, -0.1) is 0 Å². The maximum atomic E-state index is 2.33. The summed E-state index contributed by atoms with van der Waals surface area (Å²) in [5.41, 5.74) is 9.87. The maximum absolute atomic E-state index is 2.33. The van der Waals surface area contributed by atoms with Gasteiger partial charge in [-0.25, -0.2) is 0 Å². The molecule has 6 aromatic rings. The Balaban J connectivity index is 1.39. The molecule has 0 aliphatic carbocycles. The van der Waals surface area contributed by atoms with Crippen LogP contribution in [0.4, 0.5) is 0 Å². The molecule has 0 aromatic heterocycles. The second kappa shape index (κ2) is 10.4. The highest BCUT2D eigenvalue weighted by molar-refractivity contribution is 5.89. The summed E-state index contributed by atoms with van der Waals surface area (Å²) in [6.45, 7) is 4.34. The lowest BCUT2D eigenvalue weighted by molar-refractivity contribution is 1.42. The Morgan fingerprint density at radius 1 is 0.421 bits per heavy atom. The maximum Gasteiger partial charge on any atom is -0.0105 e. The molecule has 38 heavy (non-hydrogen) atoms. The molecule has 0 heteroatoms. The normalized spacial score (nSPS) is 11.7. The van der Waals surface area contributed by atoms with Crippen LogP contribution >= 0.6 is 0 Å². The summed E-state index contributed by atoms with van der Waals surface area (Å²) < 4.78 is 0. The van der Waals surface area contributed by atoms with Crippen molar-refractivity contribution in [1.29, 1.82) is 0 Å². The molecular weight excluding hydrogens is 456 g/mol. The lowest BCUT2D eigenvalue weighted by Crippen LogP contribution is -1.90. The minimum atomic E-state index is 1.21. The third-order valence-electron chi connectivity index (χ3n) is 7.26. The van der Waals surface area contributed by atoms with Gasteiger partial charge in [-0.05, 0) is 92.5 Å². The fraction of sp³-hybridized carbons (Fsp3) is 0.0526. The molecule has 0 radical (unpaired) electrons. The van der Waals surface area contributed by atoms with E-state index in [-0.39, 0.29) is 0 Å². The Morgan fingerprint density at radius 3 is 1.53 bits per heavy atom. The molecule has 0 bridgehead atoms. The van der Waals surface area contributed by atoms with Crippen LogP contribution in [-0.4, -0.2) is 0 Å². The van der Waals surface area contributed by atoms with E-state index in [1.165, 1.54) is 66.1 Å². The van der Waals surface area contributed by atoms with Gasteiger partial charge in [0.1, 0.15) is 0 Å². The first-order chi connectivity index (χ1) is 18.6. The van der Waals surface area contributed by atoms with E-state index < -0.39 is 0 Å². The summed E-state index contributed by atoms with van der Waals surface area (Å²) in [5.74, 6) is 0. The Bertz CT molecular complexity index is 1810. The van der Waals surface area contributed by atoms with Gasteiger partial charge in [0.05, 0.1) is 0 Å². The van der Waals surface area contributed by atoms with Crippen LogP contribution in [0.2, 0.25) is 0 Å². The van der Waals surface area contributed by atoms with E-state index in [4.69, 9.17) is 0 Å². The van der Waals surface area contributed by atoms with E-state index in [1.54, 1.807) is 0 Å². The number of benzene rings is 6. The number of rotatable bonds is 5. The first-order valence-electron chi connectivity index (χ1n) is 13.2. The van der Waals surface area contributed by atoms with Crippen molar-refractivity contribution in [2.45, 2.75) is 13.8 Å². The van der Waals surface area contributed by atoms with E-state index in [0.717, 1.165) is 0 Å². The van der Waals surface area contributed by atoms with Crippen LogP contribution in [-0.2, 0) is 0 Å². The van der Waals surface area contributed by atoms with Gasteiger partial charge >= 0.3 is 0 Å². The molecule has 0 saturated carbocycles. The van der Waals surface area contributed by atoms with Crippen molar-refractivity contribution in [3.8, 4) is 11.1 Å². The number of hydrogen-bond acceptors (Lipinski definition) is 0. The van der Waals surface area contributed by atoms with Gasteiger partial charge in [0.15, 0.2) is 0 Å². The zero-order chi connectivity index (χ0) is 25.9. The molecule has 0 atom stereocenters. The van der Waals surface area contributed by atoms with Crippen molar-refractivity contribution >= 4 is 45.8 Å². The zero-order valence-electron chi connectivity index (χ0n) is 21.9. The van der Waals surface area contributed by atoms with Gasteiger partial charge in [-0.3, -0.25) is 0 Å². The Hall–Kier alpha value is -4.68. The van der Waals surface area contributed by atoms with Crippen LogP contribution in [0.25, 0.3) is 57.0 Å². The van der Waals surface area contributed by atoms with Gasteiger partial charge in [-0.1, -0.05) is 133 Å². The third-order valence-corrected chi connectivity index (χ3v) is 7.26. The number of hydrogen-bond donors (Lipinski definition) is 0. The molecule has 0 unspecified atom stereocenters. The fourth-order valence-electron chi connectivity index (χ4n) is 5.04. The minimum Gasteiger partial charge on any atom is -0.0616 e. The van der Waals surface area contributed by atoms with Crippen molar-refractivity contribution in [3.05, 3.63) is 155 Å². The van der Waals surface area contributed by atoms with Crippen molar-refractivity contribution < 1.29 is 0 Å². The predicted molar refractivity (Wildman–Crippen MR) is 167 cm³/mol. The molecule has 182 valence electrons. The molecule has 0 nitrogen and oxygen atoms in total. The SMILES string of the molecule is Cc1ccc(-c2cc(C=Cc3ccc4ccccc4c3)c(C)cc2/C=C/c2ccc3ccccc3c2)cc1. The second-order valence-electron chi connectivity index (χ2n) is 10.0. The predicted octanol–water partition coefficient (Wildman–Crippen LogP) is 10.6. The van der Waals surface area contributed by atoms with E-state index in [2.05, 4.69) is 159 Å². The van der Waals surface area contributed by atoms with Crippen molar-refractivity contribution in [2.24, 2.45) is 0 Å². The lowest BCUT2D eigenvalue weighted by atomic mass is 9.92. The topological polar surface area (TPSA) is 0 Å². The molecule has 0 spiro atoms. The van der Waals surface area contributed by atoms with E-state index in [1.807, 2.05) is 0 Å². The number of fused-ring (bicyclic) bond motifs is 2. The highest BCUT2D eigenvalue weighted by atomic mass is 14.1. The average molecular weight is 487 g/mol. The fourth-order valence-corrected chi connectivity index (χ4v) is 5.04. The summed E-state index contributed by atoms with van der Waals surface area (Å²) >= 11 is 0. The standard InChI is InChI=1S/C38H30/c1-27-11-17-33(18-12-27)38-26-34(21-15-29-13-19-31-7-3-5-9-35(31)24-29)28(2)23-37(38)22-16-30-14-20-32-8-4-6-10-36(32)25-30/h3-26H,1-2H3/b21-15?,22-16+. The smallest absolute Gasteiger partial charge is 0.0105 e. The van der Waals surface area contributed by atoms with Crippen molar-refractivity contribution in [3.63, 3.8) is 0 Å². The first kappa shape index (κ1) is 23.7. The Kier molecular flexibility index (Phi) is 6.46. The lowest BCUT2D eigenvalue weighted by Gasteiger charge is -2.12. The van der Waals surface area contributed by atoms with Gasteiger partial charge < -0.3 is 0 Å². The molecule has 0 fully saturated rings. The molecule has 0 aliphatic heterocycles. The van der Waals surface area contributed by atoms with Crippen molar-refractivity contribution in [2.75, 3.05) is 0 Å². The molecule has 0 saturated heterocycles. The molecule has 6 aromatic carbocycles. The van der Waals surface area contributed by atoms with E-state index >= 15 is 0 Å². The van der Waals surface area contributed by atoms with Crippen LogP contribution in [0, 0.1) is 13.8 Å². The molecule has 0 heterocycles. The number of aryl methyl sites for hydroxylation is 2. The monoisotopic (exact) mass is 486 g/mol. The Labute approximate surface area is 225 Å². The van der Waals surface area contributed by atoms with Gasteiger partial charge in [0, 0.05) is 0 Å². The largest absolute Gasteiger partial charge is 0.0616 e. The van der Waals surface area contributed by atoms with Crippen LogP contribution in [0.5, 0.6) is 0 Å². The highest BCUT2D eigenvalue weighted by Gasteiger charge is 2.08. The summed E-state index contributed by atoms with van der Waals surface area (Å²) in [5, 5.41) is 5.06. The van der Waals surface area contributed by atoms with Crippen molar-refractivity contribution in [1.82, 2.24) is 0 Å². The van der Waals surface area contributed by atoms with E-state index in [0.29, 0.717) is 0 Å². The van der Waals surface area contributed by atoms with Crippen LogP contribution in [0.3, 0.4) is 0 Å². The quantitative estimate of drug-likeness (QED) is 0.213. The van der Waals surface area contributed by atoms with E-state index in [9.17, 15) is 0 Å². The van der Waals surface area contributed by atoms with Gasteiger partial charge in [0.25, 0.3) is 0 Å². The highest BCUT2D eigenvalue weighted by Crippen LogP contribution is 2.31. The molecule has 6 rings (SSSR count). The molecular formula is C38H30. The first-order valence-corrected chi connectivity index (χ1v) is 13.2. The zero-order valence-corrected chi connectivity index (χ0v) is 21.9. The Morgan fingerprint density at radius 2 is 0.947 bits per heavy atom. The summed E-state index contributed by atoms with van der Waals surface area (Å²) in [6, 6.07) is 43.8. The van der Waals surface area contributed by atoms with Gasteiger partial charge in [-0.2, -0.15) is 0 Å². The van der Waals surface area contributed by atoms with Crippen LogP contribution in [0.15, 0.2) is 121 Å².